The van der Waals surface area contributed by atoms with Gasteiger partial charge in [0.15, 0.2) is 5.69 Å². The topological polar surface area (TPSA) is 137 Å². The van der Waals surface area contributed by atoms with Gasteiger partial charge in [0.2, 0.25) is 0 Å². The number of aromatic amines is 1. The van der Waals surface area contributed by atoms with E-state index in [2.05, 4.69) is 14.7 Å². The number of benzene rings is 3. The van der Waals surface area contributed by atoms with Crippen LogP contribution in [0.3, 0.4) is 0 Å². The number of aromatic nitrogens is 3. The second-order valence-corrected chi connectivity index (χ2v) is 10.8. The number of hydrogen-bond acceptors (Lipinski definition) is 5. The molecule has 0 spiro atoms. The summed E-state index contributed by atoms with van der Waals surface area (Å²) in [5.74, 6) is -2.93. The van der Waals surface area contributed by atoms with Gasteiger partial charge in [-0.2, -0.15) is 8.42 Å². The van der Waals surface area contributed by atoms with Crippen LogP contribution in [0.2, 0.25) is 0 Å². The Morgan fingerprint density at radius 3 is 2.64 bits per heavy atom. The number of carboxylic acid groups (broad SMARTS) is 1. The molecule has 198 valence electrons. The normalized spacial score (nSPS) is 14.4. The number of aromatic carboxylic acids is 1. The molecule has 5 aromatic rings. The Balaban J connectivity index is 1.63. The van der Waals surface area contributed by atoms with E-state index in [0.717, 1.165) is 27.3 Å². The number of halogens is 2. The zero-order valence-corrected chi connectivity index (χ0v) is 21.0. The van der Waals surface area contributed by atoms with Crippen molar-refractivity contribution in [3.63, 3.8) is 0 Å². The van der Waals surface area contributed by atoms with E-state index >= 15 is 4.39 Å². The minimum atomic E-state index is -4.28. The molecule has 0 saturated carbocycles. The van der Waals surface area contributed by atoms with Crippen molar-refractivity contribution in [2.75, 3.05) is 9.03 Å². The van der Waals surface area contributed by atoms with Gasteiger partial charge in [0, 0.05) is 17.0 Å². The van der Waals surface area contributed by atoms with Crippen LogP contribution in [0.4, 0.5) is 20.2 Å². The van der Waals surface area contributed by atoms with E-state index in [9.17, 15) is 27.5 Å². The van der Waals surface area contributed by atoms with Crippen LogP contribution in [0.5, 0.6) is 0 Å². The zero-order valence-electron chi connectivity index (χ0n) is 20.2. The van der Waals surface area contributed by atoms with E-state index in [4.69, 9.17) is 0 Å². The van der Waals surface area contributed by atoms with E-state index in [0.29, 0.717) is 11.3 Å². The first-order valence-corrected chi connectivity index (χ1v) is 13.1. The summed E-state index contributed by atoms with van der Waals surface area (Å²) in [4.78, 5) is 31.3. The molecule has 1 aliphatic heterocycles. The molecule has 0 unspecified atom stereocenters. The van der Waals surface area contributed by atoms with Gasteiger partial charge in [-0.25, -0.2) is 22.9 Å². The maximum atomic E-state index is 15.2. The third-order valence-corrected chi connectivity index (χ3v) is 8.14. The lowest BCUT2D eigenvalue weighted by molar-refractivity contribution is 0.0687. The standard InChI is InChI=1S/C26H19F2N5O5S/c1-13-6-17-22(9-18(13)27)32(10-15-7-16-21(8-19(15)28)29-12-30-25(16)34)24(26(35)36)23(17)33-11-14-4-2-3-5-20(14)31-39(33,37)38/h2-9,12,31H,10-11H2,1H3,(H,35,36)(H,29,30,34). The number of nitrogens with one attached hydrogen (secondary N) is 2. The minimum Gasteiger partial charge on any atom is -0.477 e. The van der Waals surface area contributed by atoms with Crippen LogP contribution in [-0.4, -0.2) is 34.0 Å². The summed E-state index contributed by atoms with van der Waals surface area (Å²) in [6, 6.07) is 11.4. The molecule has 3 N–H and O–H groups in total. The van der Waals surface area contributed by atoms with Crippen molar-refractivity contribution in [1.82, 2.24) is 14.5 Å². The fourth-order valence-electron chi connectivity index (χ4n) is 4.91. The molecule has 0 aliphatic carbocycles. The molecule has 0 amide bonds. The Morgan fingerprint density at radius 1 is 1.10 bits per heavy atom. The molecule has 0 fully saturated rings. The Kier molecular flexibility index (Phi) is 5.43. The molecule has 6 rings (SSSR count). The fourth-order valence-corrected chi connectivity index (χ4v) is 6.23. The van der Waals surface area contributed by atoms with Gasteiger partial charge in [0.25, 0.3) is 5.56 Å². The highest BCUT2D eigenvalue weighted by Crippen LogP contribution is 2.41. The molecule has 10 nitrogen and oxygen atoms in total. The molecule has 3 aromatic carbocycles. The number of carboxylic acids is 1. The summed E-state index contributed by atoms with van der Waals surface area (Å²) >= 11 is 0. The lowest BCUT2D eigenvalue weighted by Gasteiger charge is -2.31. The van der Waals surface area contributed by atoms with Gasteiger partial charge in [-0.15, -0.1) is 0 Å². The van der Waals surface area contributed by atoms with Gasteiger partial charge in [0.1, 0.15) is 11.6 Å². The molecule has 2 aromatic heterocycles. The fraction of sp³-hybridized carbons (Fsp3) is 0.115. The van der Waals surface area contributed by atoms with Crippen molar-refractivity contribution in [1.29, 1.82) is 0 Å². The monoisotopic (exact) mass is 551 g/mol. The number of nitrogens with zero attached hydrogens (tertiary/aromatic N) is 3. The van der Waals surface area contributed by atoms with Gasteiger partial charge in [0.05, 0.1) is 47.2 Å². The second kappa shape index (κ2) is 8.63. The summed E-state index contributed by atoms with van der Waals surface area (Å²) in [5.41, 5.74) is -0.0231. The highest BCUT2D eigenvalue weighted by atomic mass is 32.2. The highest BCUT2D eigenvalue weighted by molar-refractivity contribution is 7.94. The zero-order chi connectivity index (χ0) is 27.6. The third-order valence-electron chi connectivity index (χ3n) is 6.77. The van der Waals surface area contributed by atoms with E-state index in [1.54, 1.807) is 24.3 Å². The largest absolute Gasteiger partial charge is 0.477 e. The van der Waals surface area contributed by atoms with Crippen molar-refractivity contribution in [3.05, 3.63) is 99.2 Å². The quantitative estimate of drug-likeness (QED) is 0.310. The number of fused-ring (bicyclic) bond motifs is 3. The first-order valence-electron chi connectivity index (χ1n) is 11.6. The van der Waals surface area contributed by atoms with Crippen LogP contribution >= 0.6 is 0 Å². The van der Waals surface area contributed by atoms with Gasteiger partial charge in [-0.05, 0) is 42.3 Å². The number of rotatable bonds is 4. The number of aryl methyl sites for hydroxylation is 1. The molecule has 1 aliphatic rings. The average Bonchev–Trinajstić information content (AvgIpc) is 3.17. The molecular formula is C26H19F2N5O5S. The third kappa shape index (κ3) is 3.89. The molecular weight excluding hydrogens is 532 g/mol. The Hall–Kier alpha value is -4.78. The molecule has 3 heterocycles. The van der Waals surface area contributed by atoms with Crippen molar-refractivity contribution in [3.8, 4) is 0 Å². The first-order chi connectivity index (χ1) is 18.5. The lowest BCUT2D eigenvalue weighted by Crippen LogP contribution is -2.40. The van der Waals surface area contributed by atoms with Crippen LogP contribution in [0, 0.1) is 18.6 Å². The van der Waals surface area contributed by atoms with Gasteiger partial charge in [-0.3, -0.25) is 9.52 Å². The van der Waals surface area contributed by atoms with E-state index in [1.807, 2.05) is 0 Å². The highest BCUT2D eigenvalue weighted by Gasteiger charge is 2.36. The number of carbonyl (C=O) groups is 1. The Bertz CT molecular complexity index is 2020. The predicted molar refractivity (Wildman–Crippen MR) is 140 cm³/mol. The Labute approximate surface area is 219 Å². The van der Waals surface area contributed by atoms with Crippen LogP contribution in [-0.2, 0) is 23.3 Å². The number of hydrogen-bond donors (Lipinski definition) is 3. The number of anilines is 2. The smallest absolute Gasteiger partial charge is 0.354 e. The predicted octanol–water partition coefficient (Wildman–Crippen LogP) is 3.89. The summed E-state index contributed by atoms with van der Waals surface area (Å²) in [5, 5.41) is 10.6. The summed E-state index contributed by atoms with van der Waals surface area (Å²) in [6.45, 7) is 0.845. The molecule has 0 bridgehead atoms. The SMILES string of the molecule is Cc1cc2c(N3Cc4ccccc4NS3(=O)=O)c(C(=O)O)n(Cc3cc4c(=O)[nH]cnc4cc3F)c2cc1F. The van der Waals surface area contributed by atoms with E-state index in [-0.39, 0.29) is 45.2 Å². The van der Waals surface area contributed by atoms with Gasteiger partial charge < -0.3 is 14.7 Å². The van der Waals surface area contributed by atoms with Crippen molar-refractivity contribution in [2.24, 2.45) is 0 Å². The summed E-state index contributed by atoms with van der Waals surface area (Å²) in [6.07, 6.45) is 1.13. The van der Waals surface area contributed by atoms with E-state index < -0.39 is 45.6 Å². The van der Waals surface area contributed by atoms with Crippen LogP contribution < -0.4 is 14.6 Å². The van der Waals surface area contributed by atoms with Crippen molar-refractivity contribution in [2.45, 2.75) is 20.0 Å². The first kappa shape index (κ1) is 24.6. The maximum absolute atomic E-state index is 15.2. The van der Waals surface area contributed by atoms with Crippen molar-refractivity contribution >= 4 is 49.4 Å². The minimum absolute atomic E-state index is 0.0409. The van der Waals surface area contributed by atoms with Crippen LogP contribution in [0.15, 0.2) is 59.7 Å². The van der Waals surface area contributed by atoms with Gasteiger partial charge >= 0.3 is 16.2 Å². The summed E-state index contributed by atoms with van der Waals surface area (Å²) in [7, 11) is -4.28. The van der Waals surface area contributed by atoms with Crippen LogP contribution in [0.25, 0.3) is 21.8 Å². The van der Waals surface area contributed by atoms with Crippen molar-refractivity contribution < 1.29 is 27.1 Å². The molecule has 39 heavy (non-hydrogen) atoms. The Morgan fingerprint density at radius 2 is 1.87 bits per heavy atom. The molecule has 0 atom stereocenters. The molecule has 0 saturated heterocycles. The number of para-hydroxylation sites is 1. The number of H-pyrrole nitrogens is 1. The van der Waals surface area contributed by atoms with Gasteiger partial charge in [-0.1, -0.05) is 18.2 Å². The van der Waals surface area contributed by atoms with E-state index in [1.165, 1.54) is 19.1 Å². The van der Waals surface area contributed by atoms with Crippen LogP contribution in [0.1, 0.15) is 27.2 Å². The molecule has 0 radical (unpaired) electrons. The average molecular weight is 552 g/mol. The second-order valence-electron chi connectivity index (χ2n) is 9.17. The lowest BCUT2D eigenvalue weighted by atomic mass is 10.1. The summed E-state index contributed by atoms with van der Waals surface area (Å²) < 4.78 is 61.2. The molecule has 13 heteroatoms. The maximum Gasteiger partial charge on any atom is 0.354 e.